The average molecular weight is 243 g/mol. The number of morpholine rings is 1. The molecule has 0 unspecified atom stereocenters. The fraction of sp³-hybridized carbons (Fsp3) is 0.923. The number of amides is 1. The maximum Gasteiger partial charge on any atom is 0.225 e. The Morgan fingerprint density at radius 3 is 2.76 bits per heavy atom. The zero-order valence-corrected chi connectivity index (χ0v) is 11.5. The highest BCUT2D eigenvalue weighted by Crippen LogP contribution is 2.16. The summed E-state index contributed by atoms with van der Waals surface area (Å²) >= 11 is 0. The van der Waals surface area contributed by atoms with E-state index in [0.717, 1.165) is 6.61 Å². The normalized spacial score (nSPS) is 19.7. The first kappa shape index (κ1) is 14.5. The molecule has 0 spiro atoms. The Hall–Kier alpha value is -0.610. The molecule has 1 fully saturated rings. The van der Waals surface area contributed by atoms with Gasteiger partial charge in [0.05, 0.1) is 25.2 Å². The van der Waals surface area contributed by atoms with Gasteiger partial charge in [-0.05, 0) is 19.8 Å². The van der Waals surface area contributed by atoms with Gasteiger partial charge in [-0.3, -0.25) is 4.79 Å². The Labute approximate surface area is 104 Å². The molecule has 0 saturated carbocycles. The lowest BCUT2D eigenvalue weighted by Crippen LogP contribution is -2.50. The van der Waals surface area contributed by atoms with Gasteiger partial charge in [-0.25, -0.2) is 0 Å². The van der Waals surface area contributed by atoms with E-state index in [4.69, 9.17) is 9.47 Å². The Balaban J connectivity index is 2.23. The summed E-state index contributed by atoms with van der Waals surface area (Å²) in [6.07, 6.45) is 0.475. The maximum atomic E-state index is 11.9. The van der Waals surface area contributed by atoms with E-state index in [1.54, 1.807) is 0 Å². The number of hydrogen-bond acceptors (Lipinski definition) is 3. The molecule has 1 rings (SSSR count). The molecule has 0 N–H and O–H groups in total. The lowest BCUT2D eigenvalue weighted by atomic mass is 10.1. The minimum Gasteiger partial charge on any atom is -0.381 e. The standard InChI is InChI=1S/C13H25NO3/c1-11(2)9-16-7-5-12(15)14-6-8-17-13(3,4)10-14/h11H,5-10H2,1-4H3. The zero-order chi connectivity index (χ0) is 12.9. The SMILES string of the molecule is CC(C)COCCC(=O)N1CCOC(C)(C)C1. The second-order valence-corrected chi connectivity index (χ2v) is 5.64. The van der Waals surface area contributed by atoms with E-state index < -0.39 is 0 Å². The Bertz CT molecular complexity index is 251. The minimum atomic E-state index is -0.216. The number of hydrogen-bond donors (Lipinski definition) is 0. The monoisotopic (exact) mass is 243 g/mol. The average Bonchev–Trinajstić information content (AvgIpc) is 2.22. The number of nitrogens with zero attached hydrogens (tertiary/aromatic N) is 1. The summed E-state index contributed by atoms with van der Waals surface area (Å²) in [6, 6.07) is 0. The van der Waals surface area contributed by atoms with Crippen molar-refractivity contribution >= 4 is 5.91 Å². The van der Waals surface area contributed by atoms with Crippen LogP contribution in [-0.4, -0.2) is 49.3 Å². The molecule has 1 aliphatic rings. The highest BCUT2D eigenvalue weighted by Gasteiger charge is 2.29. The number of carbonyl (C=O) groups is 1. The number of carbonyl (C=O) groups excluding carboxylic acids is 1. The molecule has 1 aliphatic heterocycles. The predicted molar refractivity (Wildman–Crippen MR) is 66.9 cm³/mol. The highest BCUT2D eigenvalue weighted by atomic mass is 16.5. The van der Waals surface area contributed by atoms with E-state index in [1.807, 2.05) is 18.7 Å². The van der Waals surface area contributed by atoms with Gasteiger partial charge in [-0.2, -0.15) is 0 Å². The Morgan fingerprint density at radius 2 is 2.18 bits per heavy atom. The van der Waals surface area contributed by atoms with Crippen molar-refractivity contribution in [2.24, 2.45) is 5.92 Å². The van der Waals surface area contributed by atoms with Gasteiger partial charge >= 0.3 is 0 Å². The fourth-order valence-electron chi connectivity index (χ4n) is 1.87. The molecular weight excluding hydrogens is 218 g/mol. The smallest absolute Gasteiger partial charge is 0.225 e. The third-order valence-corrected chi connectivity index (χ3v) is 2.69. The first-order valence-corrected chi connectivity index (χ1v) is 6.40. The van der Waals surface area contributed by atoms with Gasteiger partial charge in [0.1, 0.15) is 0 Å². The van der Waals surface area contributed by atoms with Crippen LogP contribution in [0.3, 0.4) is 0 Å². The molecule has 17 heavy (non-hydrogen) atoms. The molecule has 0 atom stereocenters. The van der Waals surface area contributed by atoms with Crippen LogP contribution in [0.1, 0.15) is 34.1 Å². The summed E-state index contributed by atoms with van der Waals surface area (Å²) in [5.41, 5.74) is -0.216. The van der Waals surface area contributed by atoms with Crippen LogP contribution in [0.25, 0.3) is 0 Å². The van der Waals surface area contributed by atoms with Crippen molar-refractivity contribution in [3.8, 4) is 0 Å². The van der Waals surface area contributed by atoms with Crippen molar-refractivity contribution in [1.29, 1.82) is 0 Å². The van der Waals surface area contributed by atoms with Gasteiger partial charge in [0.15, 0.2) is 0 Å². The lowest BCUT2D eigenvalue weighted by Gasteiger charge is -2.38. The second kappa shape index (κ2) is 6.36. The topological polar surface area (TPSA) is 38.8 Å². The van der Waals surface area contributed by atoms with Crippen molar-refractivity contribution in [2.75, 3.05) is 32.9 Å². The quantitative estimate of drug-likeness (QED) is 0.690. The summed E-state index contributed by atoms with van der Waals surface area (Å²) < 4.78 is 11.0. The Morgan fingerprint density at radius 1 is 1.47 bits per heavy atom. The zero-order valence-electron chi connectivity index (χ0n) is 11.5. The van der Waals surface area contributed by atoms with E-state index in [2.05, 4.69) is 13.8 Å². The molecule has 0 aromatic carbocycles. The van der Waals surface area contributed by atoms with Crippen molar-refractivity contribution < 1.29 is 14.3 Å². The first-order chi connectivity index (χ1) is 7.91. The van der Waals surface area contributed by atoms with E-state index in [1.165, 1.54) is 0 Å². The molecule has 1 saturated heterocycles. The molecule has 0 aromatic heterocycles. The second-order valence-electron chi connectivity index (χ2n) is 5.64. The number of ether oxygens (including phenoxy) is 2. The summed E-state index contributed by atoms with van der Waals surface area (Å²) in [4.78, 5) is 13.8. The molecule has 100 valence electrons. The molecule has 4 heteroatoms. The molecular formula is C13H25NO3. The van der Waals surface area contributed by atoms with Crippen LogP contribution < -0.4 is 0 Å². The van der Waals surface area contributed by atoms with Crippen LogP contribution in [0, 0.1) is 5.92 Å². The van der Waals surface area contributed by atoms with E-state index >= 15 is 0 Å². The van der Waals surface area contributed by atoms with Gasteiger partial charge in [0, 0.05) is 19.7 Å². The summed E-state index contributed by atoms with van der Waals surface area (Å²) in [5, 5.41) is 0. The summed E-state index contributed by atoms with van der Waals surface area (Å²) in [7, 11) is 0. The molecule has 0 radical (unpaired) electrons. The van der Waals surface area contributed by atoms with Crippen molar-refractivity contribution in [2.45, 2.75) is 39.7 Å². The van der Waals surface area contributed by atoms with Gasteiger partial charge in [0.2, 0.25) is 5.91 Å². The van der Waals surface area contributed by atoms with Gasteiger partial charge in [-0.1, -0.05) is 13.8 Å². The van der Waals surface area contributed by atoms with Gasteiger partial charge < -0.3 is 14.4 Å². The molecule has 1 heterocycles. The van der Waals surface area contributed by atoms with Gasteiger partial charge in [-0.15, -0.1) is 0 Å². The first-order valence-electron chi connectivity index (χ1n) is 6.40. The summed E-state index contributed by atoms with van der Waals surface area (Å²) in [6.45, 7) is 11.5. The van der Waals surface area contributed by atoms with Crippen LogP contribution in [0.2, 0.25) is 0 Å². The predicted octanol–water partition coefficient (Wildman–Crippen LogP) is 1.69. The maximum absolute atomic E-state index is 11.9. The van der Waals surface area contributed by atoms with Crippen LogP contribution in [0.4, 0.5) is 0 Å². The van der Waals surface area contributed by atoms with E-state index in [-0.39, 0.29) is 11.5 Å². The van der Waals surface area contributed by atoms with Crippen molar-refractivity contribution in [3.63, 3.8) is 0 Å². The van der Waals surface area contributed by atoms with Crippen LogP contribution >= 0.6 is 0 Å². The molecule has 0 bridgehead atoms. The molecule has 4 nitrogen and oxygen atoms in total. The van der Waals surface area contributed by atoms with Crippen molar-refractivity contribution in [3.05, 3.63) is 0 Å². The largest absolute Gasteiger partial charge is 0.381 e. The highest BCUT2D eigenvalue weighted by molar-refractivity contribution is 5.76. The molecule has 0 aromatic rings. The van der Waals surface area contributed by atoms with Crippen molar-refractivity contribution in [1.82, 2.24) is 4.90 Å². The molecule has 1 amide bonds. The fourth-order valence-corrected chi connectivity index (χ4v) is 1.87. The van der Waals surface area contributed by atoms with E-state index in [0.29, 0.717) is 38.6 Å². The molecule has 0 aliphatic carbocycles. The third-order valence-electron chi connectivity index (χ3n) is 2.69. The van der Waals surface area contributed by atoms with Crippen LogP contribution in [0.15, 0.2) is 0 Å². The van der Waals surface area contributed by atoms with Crippen LogP contribution in [0.5, 0.6) is 0 Å². The lowest BCUT2D eigenvalue weighted by molar-refractivity contribution is -0.147. The van der Waals surface area contributed by atoms with E-state index in [9.17, 15) is 4.79 Å². The summed E-state index contributed by atoms with van der Waals surface area (Å²) in [5.74, 6) is 0.692. The minimum absolute atomic E-state index is 0.171. The Kier molecular flexibility index (Phi) is 5.40. The number of rotatable bonds is 5. The van der Waals surface area contributed by atoms with Crippen LogP contribution in [-0.2, 0) is 14.3 Å². The van der Waals surface area contributed by atoms with Gasteiger partial charge in [0.25, 0.3) is 0 Å². The third kappa shape index (κ3) is 5.50.